The Morgan fingerprint density at radius 1 is 0.862 bits per heavy atom. The molecule has 0 aromatic rings. The van der Waals surface area contributed by atoms with Crippen LogP contribution in [-0.4, -0.2) is 52.9 Å². The molecule has 0 aromatic heterocycles. The van der Waals surface area contributed by atoms with Crippen molar-refractivity contribution >= 4 is 0 Å². The van der Waals surface area contributed by atoms with Gasteiger partial charge >= 0.3 is 0 Å². The Bertz CT molecular complexity index is 539. The fourth-order valence-electron chi connectivity index (χ4n) is 3.18. The Hall–Kier alpha value is -1.24. The van der Waals surface area contributed by atoms with Gasteiger partial charge in [-0.25, -0.2) is 0 Å². The van der Waals surface area contributed by atoms with E-state index in [0.29, 0.717) is 0 Å². The van der Waals surface area contributed by atoms with Gasteiger partial charge in [-0.3, -0.25) is 0 Å². The summed E-state index contributed by atoms with van der Waals surface area (Å²) in [5.74, 6) is 0. The minimum Gasteiger partial charge on any atom is -0.450 e. The monoisotopic (exact) mass is 409 g/mol. The molecule has 2 N–H and O–H groups in total. The molecular weight excluding hydrogens is 366 g/mol. The zero-order valence-corrected chi connectivity index (χ0v) is 19.6. The summed E-state index contributed by atoms with van der Waals surface area (Å²) < 4.78 is 22.7. The minimum atomic E-state index is -0.0170. The van der Waals surface area contributed by atoms with Crippen molar-refractivity contribution in [3.8, 4) is 0 Å². The highest BCUT2D eigenvalue weighted by Crippen LogP contribution is 2.21. The molecule has 0 aliphatic heterocycles. The fourth-order valence-corrected chi connectivity index (χ4v) is 3.18. The van der Waals surface area contributed by atoms with Gasteiger partial charge in [0.1, 0.15) is 0 Å². The Morgan fingerprint density at radius 2 is 1.41 bits per heavy atom. The van der Waals surface area contributed by atoms with E-state index in [2.05, 4.69) is 45.7 Å². The number of rotatable bonds is 16. The van der Waals surface area contributed by atoms with Gasteiger partial charge in [0.05, 0.1) is 30.1 Å². The van der Waals surface area contributed by atoms with E-state index in [9.17, 15) is 0 Å². The Balaban J connectivity index is 5.07. The molecule has 0 amide bonds. The largest absolute Gasteiger partial charge is 0.450 e. The first-order valence-electron chi connectivity index (χ1n) is 10.2. The molecule has 29 heavy (non-hydrogen) atoms. The lowest BCUT2D eigenvalue weighted by molar-refractivity contribution is -0.542. The van der Waals surface area contributed by atoms with Gasteiger partial charge in [-0.05, 0) is 38.3 Å². The lowest BCUT2D eigenvalue weighted by atomic mass is 9.96. The molecule has 0 aliphatic rings. The molecule has 0 aliphatic carbocycles. The molecule has 168 valence electrons. The zero-order valence-electron chi connectivity index (χ0n) is 19.6. The van der Waals surface area contributed by atoms with Gasteiger partial charge < -0.3 is 24.3 Å². The maximum atomic E-state index is 5.76. The van der Waals surface area contributed by atoms with Crippen molar-refractivity contribution in [2.75, 3.05) is 28.4 Å². The molecule has 0 radical (unpaired) electrons. The summed E-state index contributed by atoms with van der Waals surface area (Å²) in [4.78, 5) is 0. The van der Waals surface area contributed by atoms with Gasteiger partial charge in [0.15, 0.2) is 0 Å². The number of methoxy groups -OCH3 is 4. The second kappa shape index (κ2) is 16.5. The van der Waals surface area contributed by atoms with Crippen LogP contribution in [0.2, 0.25) is 0 Å². The Kier molecular flexibility index (Phi) is 15.8. The third-order valence-electron chi connectivity index (χ3n) is 5.14. The molecule has 4 atom stereocenters. The van der Waals surface area contributed by atoms with Crippen molar-refractivity contribution in [1.82, 2.24) is 0 Å². The van der Waals surface area contributed by atoms with Gasteiger partial charge in [-0.1, -0.05) is 23.8 Å². The molecular formula is C24H43NO4. The summed E-state index contributed by atoms with van der Waals surface area (Å²) in [6.07, 6.45) is 11.5. The number of nitrogens with two attached hydrogens (primary N) is 1. The summed E-state index contributed by atoms with van der Waals surface area (Å²) in [6, 6.07) is 0. The van der Waals surface area contributed by atoms with E-state index >= 15 is 0 Å². The Morgan fingerprint density at radius 3 is 1.90 bits per heavy atom. The molecule has 0 aromatic carbocycles. The molecule has 0 fully saturated rings. The highest BCUT2D eigenvalue weighted by molar-refractivity contribution is 5.27. The third kappa shape index (κ3) is 12.1. The molecule has 0 spiro atoms. The molecule has 0 unspecified atom stereocenters. The first-order valence-corrected chi connectivity index (χ1v) is 10.2. The van der Waals surface area contributed by atoms with Gasteiger partial charge in [0, 0.05) is 48.2 Å². The highest BCUT2D eigenvalue weighted by Gasteiger charge is 2.23. The van der Waals surface area contributed by atoms with Crippen LogP contribution in [0, 0.1) is 7.05 Å². The quantitative estimate of drug-likeness (QED) is 0.238. The summed E-state index contributed by atoms with van der Waals surface area (Å²) in [7, 11) is 10.7. The normalized spacial score (nSPS) is 17.7. The zero-order chi connectivity index (χ0) is 22.2. The summed E-state index contributed by atoms with van der Waals surface area (Å²) in [6.45, 7) is 10.0. The number of quaternary nitrogens is 1. The van der Waals surface area contributed by atoms with Crippen LogP contribution in [0.4, 0.5) is 0 Å². The van der Waals surface area contributed by atoms with Crippen molar-refractivity contribution in [1.29, 1.82) is 0 Å². The number of allylic oxidation sites excluding steroid dienone is 5. The van der Waals surface area contributed by atoms with Gasteiger partial charge in [0.2, 0.25) is 0 Å². The van der Waals surface area contributed by atoms with Gasteiger partial charge in [-0.2, -0.15) is 0 Å². The Labute approximate surface area is 178 Å². The van der Waals surface area contributed by atoms with Gasteiger partial charge in [-0.15, -0.1) is 13.6 Å². The first kappa shape index (κ1) is 27.8. The van der Waals surface area contributed by atoms with Crippen LogP contribution in [0.25, 0.3) is 0 Å². The van der Waals surface area contributed by atoms with Crippen molar-refractivity contribution < 1.29 is 24.3 Å². The van der Waals surface area contributed by atoms with Crippen LogP contribution < -0.4 is 5.32 Å². The number of ether oxygens (including phenoxy) is 4. The van der Waals surface area contributed by atoms with E-state index in [-0.39, 0.29) is 24.4 Å². The van der Waals surface area contributed by atoms with Crippen molar-refractivity contribution in [3.05, 3.63) is 54.8 Å². The lowest BCUT2D eigenvalue weighted by Gasteiger charge is -2.27. The predicted molar refractivity (Wildman–Crippen MR) is 120 cm³/mol. The first-order chi connectivity index (χ1) is 13.8. The minimum absolute atomic E-state index is 0.0170. The van der Waals surface area contributed by atoms with E-state index in [0.717, 1.165) is 31.4 Å². The van der Waals surface area contributed by atoms with Crippen molar-refractivity contribution in [2.24, 2.45) is 0 Å². The summed E-state index contributed by atoms with van der Waals surface area (Å²) in [5.41, 5.74) is 3.47. The van der Waals surface area contributed by atoms with Crippen LogP contribution in [0.3, 0.4) is 0 Å². The van der Waals surface area contributed by atoms with Crippen LogP contribution >= 0.6 is 0 Å². The molecule has 0 bridgehead atoms. The fraction of sp³-hybridized carbons (Fsp3) is 0.625. The third-order valence-corrected chi connectivity index (χ3v) is 5.14. The smallest absolute Gasteiger partial charge is 0.0806 e. The molecule has 0 heterocycles. The molecule has 0 rings (SSSR count). The van der Waals surface area contributed by atoms with Crippen molar-refractivity contribution in [2.45, 2.75) is 70.9 Å². The van der Waals surface area contributed by atoms with Crippen LogP contribution in [-0.2, 0) is 18.9 Å². The van der Waals surface area contributed by atoms with E-state index < -0.39 is 0 Å². The molecule has 5 heteroatoms. The lowest BCUT2D eigenvalue weighted by Crippen LogP contribution is -2.73. The van der Waals surface area contributed by atoms with E-state index in [1.54, 1.807) is 28.4 Å². The average molecular weight is 410 g/mol. The van der Waals surface area contributed by atoms with Crippen molar-refractivity contribution in [3.63, 3.8) is 0 Å². The average Bonchev–Trinajstić information content (AvgIpc) is 2.73. The SMILES string of the molecule is C=CC[C@@H](C[C@@H](C[C@@H](C[C@H](OC)/C(C)=C/C(C)=C/C=C(\C)[NH2+][CH2-])OC)OC)OC. The maximum absolute atomic E-state index is 5.76. The summed E-state index contributed by atoms with van der Waals surface area (Å²) in [5, 5.41) is 1.84. The summed E-state index contributed by atoms with van der Waals surface area (Å²) >= 11 is 0. The van der Waals surface area contributed by atoms with Crippen LogP contribution in [0.1, 0.15) is 46.5 Å². The van der Waals surface area contributed by atoms with Crippen LogP contribution in [0.5, 0.6) is 0 Å². The topological polar surface area (TPSA) is 53.5 Å². The highest BCUT2D eigenvalue weighted by atomic mass is 16.5. The predicted octanol–water partition coefficient (Wildman–Crippen LogP) is 3.94. The molecule has 5 nitrogen and oxygen atoms in total. The number of hydrogen-bond donors (Lipinski definition) is 1. The van der Waals surface area contributed by atoms with E-state index in [1.807, 2.05) is 18.3 Å². The van der Waals surface area contributed by atoms with E-state index in [1.165, 1.54) is 11.1 Å². The van der Waals surface area contributed by atoms with Gasteiger partial charge in [0.25, 0.3) is 0 Å². The standard InChI is InChI=1S/C24H43NO4/c1-10-11-21(26-6)15-22(27-7)16-23(28-8)17-24(29-9)19(3)14-18(2)12-13-20(4)25-5/h10,12-14,21-24H,1,5,11,15-17,25H2,2-4,6-9H3/b18-12+,19-14+,20-13+/t21-,22-,23-,24-/m0/s1. The molecule has 0 saturated heterocycles. The number of hydrogen-bond acceptors (Lipinski definition) is 4. The maximum Gasteiger partial charge on any atom is 0.0806 e. The molecule has 0 saturated carbocycles. The second-order valence-corrected chi connectivity index (χ2v) is 7.44. The van der Waals surface area contributed by atoms with E-state index in [4.69, 9.17) is 18.9 Å². The van der Waals surface area contributed by atoms with Crippen LogP contribution in [0.15, 0.2) is 47.7 Å². The second-order valence-electron chi connectivity index (χ2n) is 7.44.